The first kappa shape index (κ1) is 17.4. The van der Waals surface area contributed by atoms with E-state index in [1.807, 2.05) is 43.0 Å². The van der Waals surface area contributed by atoms with Gasteiger partial charge in [0.1, 0.15) is 5.76 Å². The van der Waals surface area contributed by atoms with E-state index < -0.39 is 0 Å². The molecular formula is C18H21ClN2O2S. The monoisotopic (exact) mass is 364 g/mol. The number of aryl methyl sites for hydroxylation is 2. The maximum absolute atomic E-state index is 12.7. The number of likely N-dealkylation sites (tertiary alicyclic amines) is 1. The van der Waals surface area contributed by atoms with Crippen LogP contribution in [0.4, 0.5) is 0 Å². The maximum Gasteiger partial charge on any atom is 0.233 e. The standard InChI is InChI=1S/C18H21ClN2O2S/c1-12-18(13(2)23-20-12)16-8-5-9-21(16)17(22)11-24-10-14-6-3-4-7-15(14)19/h3-4,6-7,16H,5,8-11H2,1-2H3. The highest BCUT2D eigenvalue weighted by Gasteiger charge is 2.33. The Kier molecular flexibility index (Phi) is 5.51. The van der Waals surface area contributed by atoms with E-state index in [4.69, 9.17) is 16.1 Å². The molecule has 1 aromatic heterocycles. The fourth-order valence-electron chi connectivity index (χ4n) is 3.28. The summed E-state index contributed by atoms with van der Waals surface area (Å²) in [4.78, 5) is 14.6. The molecule has 0 saturated carbocycles. The first-order chi connectivity index (χ1) is 11.6. The molecule has 128 valence electrons. The molecule has 1 saturated heterocycles. The first-order valence-corrected chi connectivity index (χ1v) is 9.64. The largest absolute Gasteiger partial charge is 0.361 e. The molecule has 1 aliphatic heterocycles. The Bertz CT molecular complexity index is 712. The van der Waals surface area contributed by atoms with E-state index in [-0.39, 0.29) is 11.9 Å². The van der Waals surface area contributed by atoms with Crippen LogP contribution in [0.1, 0.15) is 41.5 Å². The van der Waals surface area contributed by atoms with Crippen LogP contribution in [0.2, 0.25) is 5.02 Å². The number of benzene rings is 1. The van der Waals surface area contributed by atoms with E-state index >= 15 is 0 Å². The van der Waals surface area contributed by atoms with Gasteiger partial charge >= 0.3 is 0 Å². The molecule has 0 aliphatic carbocycles. The Labute approximate surface area is 151 Å². The summed E-state index contributed by atoms with van der Waals surface area (Å²) < 4.78 is 5.28. The van der Waals surface area contributed by atoms with Gasteiger partial charge in [-0.15, -0.1) is 11.8 Å². The zero-order chi connectivity index (χ0) is 17.1. The normalized spacial score (nSPS) is 17.5. The van der Waals surface area contributed by atoms with Crippen molar-refractivity contribution in [3.05, 3.63) is 51.9 Å². The summed E-state index contributed by atoms with van der Waals surface area (Å²) >= 11 is 7.77. The lowest BCUT2D eigenvalue weighted by molar-refractivity contribution is -0.129. The topological polar surface area (TPSA) is 46.3 Å². The average molecular weight is 365 g/mol. The second-order valence-corrected chi connectivity index (χ2v) is 7.46. The van der Waals surface area contributed by atoms with Gasteiger partial charge in [0.2, 0.25) is 5.91 Å². The van der Waals surface area contributed by atoms with Crippen molar-refractivity contribution >= 4 is 29.3 Å². The van der Waals surface area contributed by atoms with E-state index in [2.05, 4.69) is 5.16 Å². The van der Waals surface area contributed by atoms with Crippen LogP contribution in [-0.2, 0) is 10.5 Å². The van der Waals surface area contributed by atoms with Gasteiger partial charge in [-0.3, -0.25) is 4.79 Å². The van der Waals surface area contributed by atoms with Crippen molar-refractivity contribution in [1.82, 2.24) is 10.1 Å². The van der Waals surface area contributed by atoms with Crippen molar-refractivity contribution in [3.8, 4) is 0 Å². The first-order valence-electron chi connectivity index (χ1n) is 8.11. The summed E-state index contributed by atoms with van der Waals surface area (Å²) in [7, 11) is 0. The third kappa shape index (κ3) is 3.62. The van der Waals surface area contributed by atoms with Gasteiger partial charge in [-0.05, 0) is 38.3 Å². The number of aromatic nitrogens is 1. The van der Waals surface area contributed by atoms with Crippen molar-refractivity contribution in [2.75, 3.05) is 12.3 Å². The second-order valence-electron chi connectivity index (χ2n) is 6.07. The number of hydrogen-bond donors (Lipinski definition) is 0. The van der Waals surface area contributed by atoms with Crippen LogP contribution in [0.3, 0.4) is 0 Å². The van der Waals surface area contributed by atoms with E-state index in [0.29, 0.717) is 5.75 Å². The predicted molar refractivity (Wildman–Crippen MR) is 97.3 cm³/mol. The summed E-state index contributed by atoms with van der Waals surface area (Å²) in [5, 5.41) is 4.79. The lowest BCUT2D eigenvalue weighted by atomic mass is 10.0. The zero-order valence-corrected chi connectivity index (χ0v) is 15.5. The molecule has 1 fully saturated rings. The molecule has 24 heavy (non-hydrogen) atoms. The van der Waals surface area contributed by atoms with E-state index in [1.54, 1.807) is 11.8 Å². The van der Waals surface area contributed by atoms with Gasteiger partial charge < -0.3 is 9.42 Å². The number of halogens is 1. The van der Waals surface area contributed by atoms with E-state index in [1.165, 1.54) is 0 Å². The van der Waals surface area contributed by atoms with Crippen molar-refractivity contribution < 1.29 is 9.32 Å². The molecule has 1 aliphatic rings. The van der Waals surface area contributed by atoms with Gasteiger partial charge in [-0.25, -0.2) is 0 Å². The zero-order valence-electron chi connectivity index (χ0n) is 13.9. The van der Waals surface area contributed by atoms with Crippen LogP contribution in [0.5, 0.6) is 0 Å². The van der Waals surface area contributed by atoms with Crippen LogP contribution in [-0.4, -0.2) is 28.3 Å². The SMILES string of the molecule is Cc1noc(C)c1C1CCCN1C(=O)CSCc1ccccc1Cl. The molecular weight excluding hydrogens is 344 g/mol. The molecule has 6 heteroatoms. The molecule has 1 amide bonds. The van der Waals surface area contributed by atoms with Crippen molar-refractivity contribution in [1.29, 1.82) is 0 Å². The van der Waals surface area contributed by atoms with Gasteiger partial charge in [-0.1, -0.05) is 35.0 Å². The minimum atomic E-state index is 0.102. The molecule has 1 aromatic carbocycles. The summed E-state index contributed by atoms with van der Waals surface area (Å²) in [6, 6.07) is 7.87. The number of amides is 1. The molecule has 0 N–H and O–H groups in total. The number of carbonyl (C=O) groups is 1. The van der Waals surface area contributed by atoms with Crippen LogP contribution < -0.4 is 0 Å². The van der Waals surface area contributed by atoms with Gasteiger partial charge in [0.25, 0.3) is 0 Å². The maximum atomic E-state index is 12.7. The average Bonchev–Trinajstić information content (AvgIpc) is 3.15. The molecule has 2 aromatic rings. The highest BCUT2D eigenvalue weighted by molar-refractivity contribution is 7.99. The fourth-order valence-corrected chi connectivity index (χ4v) is 4.47. The third-order valence-electron chi connectivity index (χ3n) is 4.44. The Morgan fingerprint density at radius 3 is 2.92 bits per heavy atom. The molecule has 1 unspecified atom stereocenters. The van der Waals surface area contributed by atoms with Gasteiger partial charge in [0.15, 0.2) is 0 Å². The number of rotatable bonds is 5. The lowest BCUT2D eigenvalue weighted by Crippen LogP contribution is -2.32. The van der Waals surface area contributed by atoms with Crippen LogP contribution >= 0.6 is 23.4 Å². The predicted octanol–water partition coefficient (Wildman–Crippen LogP) is 4.54. The second kappa shape index (κ2) is 7.62. The van der Waals surface area contributed by atoms with Crippen LogP contribution in [0.25, 0.3) is 0 Å². The molecule has 3 rings (SSSR count). The van der Waals surface area contributed by atoms with Gasteiger partial charge in [0, 0.05) is 22.9 Å². The summed E-state index contributed by atoms with van der Waals surface area (Å²) in [6.07, 6.45) is 2.00. The van der Waals surface area contributed by atoms with E-state index in [9.17, 15) is 4.79 Å². The minimum Gasteiger partial charge on any atom is -0.361 e. The summed E-state index contributed by atoms with van der Waals surface area (Å²) in [5.41, 5.74) is 3.04. The quantitative estimate of drug-likeness (QED) is 0.781. The Hall–Kier alpha value is -1.46. The Morgan fingerprint density at radius 1 is 1.42 bits per heavy atom. The highest BCUT2D eigenvalue weighted by atomic mass is 35.5. The molecule has 0 spiro atoms. The van der Waals surface area contributed by atoms with Crippen molar-refractivity contribution in [2.45, 2.75) is 38.5 Å². The highest BCUT2D eigenvalue weighted by Crippen LogP contribution is 2.36. The van der Waals surface area contributed by atoms with Crippen molar-refractivity contribution in [3.63, 3.8) is 0 Å². The molecule has 1 atom stereocenters. The Balaban J connectivity index is 1.61. The lowest BCUT2D eigenvalue weighted by Gasteiger charge is -2.24. The number of thioether (sulfide) groups is 1. The molecule has 4 nitrogen and oxygen atoms in total. The minimum absolute atomic E-state index is 0.102. The molecule has 0 bridgehead atoms. The third-order valence-corrected chi connectivity index (χ3v) is 5.77. The number of nitrogens with zero attached hydrogens (tertiary/aromatic N) is 2. The van der Waals surface area contributed by atoms with Crippen LogP contribution in [0, 0.1) is 13.8 Å². The smallest absolute Gasteiger partial charge is 0.233 e. The van der Waals surface area contributed by atoms with Crippen LogP contribution in [0.15, 0.2) is 28.8 Å². The van der Waals surface area contributed by atoms with E-state index in [0.717, 1.165) is 52.7 Å². The van der Waals surface area contributed by atoms with Gasteiger partial charge in [-0.2, -0.15) is 0 Å². The number of carbonyl (C=O) groups excluding carboxylic acids is 1. The summed E-state index contributed by atoms with van der Waals surface area (Å²) in [5.74, 6) is 2.20. The number of hydrogen-bond acceptors (Lipinski definition) is 4. The summed E-state index contributed by atoms with van der Waals surface area (Å²) in [6.45, 7) is 4.67. The van der Waals surface area contributed by atoms with Crippen molar-refractivity contribution in [2.24, 2.45) is 0 Å². The molecule has 0 radical (unpaired) electrons. The fraction of sp³-hybridized carbons (Fsp3) is 0.444. The Morgan fingerprint density at radius 2 is 2.21 bits per heavy atom. The molecule has 2 heterocycles. The van der Waals surface area contributed by atoms with Gasteiger partial charge in [0.05, 0.1) is 17.5 Å².